The van der Waals surface area contributed by atoms with Crippen LogP contribution in [0, 0.1) is 6.92 Å². The van der Waals surface area contributed by atoms with E-state index in [0.717, 1.165) is 18.0 Å². The molecule has 1 aromatic rings. The zero-order chi connectivity index (χ0) is 19.9. The van der Waals surface area contributed by atoms with Crippen molar-refractivity contribution in [2.45, 2.75) is 33.1 Å². The SMILES string of the molecule is CCCCCS(=O)(=O)CC(=O)NNC(=O)c1sc(N2CCOCC2)nc1C. The van der Waals surface area contributed by atoms with E-state index in [2.05, 4.69) is 15.8 Å². The highest BCUT2D eigenvalue weighted by Gasteiger charge is 2.22. The largest absolute Gasteiger partial charge is 0.378 e. The average Bonchev–Trinajstić information content (AvgIpc) is 3.02. The van der Waals surface area contributed by atoms with Crippen LogP contribution in [-0.2, 0) is 19.4 Å². The maximum absolute atomic E-state index is 12.3. The minimum absolute atomic E-state index is 0.0287. The molecule has 0 radical (unpaired) electrons. The molecule has 1 aliphatic rings. The van der Waals surface area contributed by atoms with Crippen molar-refractivity contribution in [3.63, 3.8) is 0 Å². The lowest BCUT2D eigenvalue weighted by atomic mass is 10.3. The number of carbonyl (C=O) groups excluding carboxylic acids is 2. The Kier molecular flexibility index (Phi) is 7.99. The molecule has 0 aliphatic carbocycles. The normalized spacial score (nSPS) is 14.8. The predicted molar refractivity (Wildman–Crippen MR) is 104 cm³/mol. The molecule has 0 spiro atoms. The number of carbonyl (C=O) groups is 2. The number of sulfone groups is 1. The highest BCUT2D eigenvalue weighted by Crippen LogP contribution is 2.26. The number of unbranched alkanes of at least 4 members (excludes halogenated alkanes) is 2. The van der Waals surface area contributed by atoms with Crippen molar-refractivity contribution in [1.82, 2.24) is 15.8 Å². The Labute approximate surface area is 163 Å². The highest BCUT2D eigenvalue weighted by atomic mass is 32.2. The smallest absolute Gasteiger partial charge is 0.281 e. The van der Waals surface area contributed by atoms with Crippen molar-refractivity contribution >= 4 is 38.1 Å². The van der Waals surface area contributed by atoms with Crippen molar-refractivity contribution in [2.75, 3.05) is 42.7 Å². The first-order valence-electron chi connectivity index (χ1n) is 8.92. The van der Waals surface area contributed by atoms with Gasteiger partial charge in [-0.05, 0) is 13.3 Å². The molecule has 1 aromatic heterocycles. The lowest BCUT2D eigenvalue weighted by molar-refractivity contribution is -0.119. The molecule has 0 unspecified atom stereocenters. The molecule has 0 bridgehead atoms. The fraction of sp³-hybridized carbons (Fsp3) is 0.688. The number of rotatable bonds is 8. The number of morpholine rings is 1. The van der Waals surface area contributed by atoms with Gasteiger partial charge in [0, 0.05) is 13.1 Å². The number of anilines is 1. The number of hydrogen-bond acceptors (Lipinski definition) is 8. The topological polar surface area (TPSA) is 118 Å². The van der Waals surface area contributed by atoms with Gasteiger partial charge in [0.05, 0.1) is 24.7 Å². The van der Waals surface area contributed by atoms with E-state index >= 15 is 0 Å². The molecule has 11 heteroatoms. The Morgan fingerprint density at radius 2 is 1.93 bits per heavy atom. The summed E-state index contributed by atoms with van der Waals surface area (Å²) in [6.07, 6.45) is 2.23. The van der Waals surface area contributed by atoms with Gasteiger partial charge in [0.2, 0.25) is 0 Å². The summed E-state index contributed by atoms with van der Waals surface area (Å²) in [6, 6.07) is 0. The van der Waals surface area contributed by atoms with Crippen molar-refractivity contribution in [2.24, 2.45) is 0 Å². The number of nitrogens with one attached hydrogen (secondary N) is 2. The van der Waals surface area contributed by atoms with Gasteiger partial charge in [0.15, 0.2) is 15.0 Å². The quantitative estimate of drug-likeness (QED) is 0.470. The van der Waals surface area contributed by atoms with Crippen molar-refractivity contribution < 1.29 is 22.7 Å². The second-order valence-corrected chi connectivity index (χ2v) is 9.47. The zero-order valence-corrected chi connectivity index (χ0v) is 17.2. The Balaban J connectivity index is 1.86. The number of hydrazine groups is 1. The zero-order valence-electron chi connectivity index (χ0n) is 15.6. The third-order valence-electron chi connectivity index (χ3n) is 4.00. The molecular weight excluding hydrogens is 392 g/mol. The van der Waals surface area contributed by atoms with Crippen LogP contribution < -0.4 is 15.8 Å². The number of amides is 2. The van der Waals surface area contributed by atoms with Crippen LogP contribution in [0.25, 0.3) is 0 Å². The van der Waals surface area contributed by atoms with E-state index < -0.39 is 27.4 Å². The van der Waals surface area contributed by atoms with Crippen LogP contribution in [0.4, 0.5) is 5.13 Å². The molecule has 27 heavy (non-hydrogen) atoms. The molecule has 1 aliphatic heterocycles. The van der Waals surface area contributed by atoms with E-state index in [-0.39, 0.29) is 5.75 Å². The van der Waals surface area contributed by atoms with E-state index in [0.29, 0.717) is 43.3 Å². The predicted octanol–water partition coefficient (Wildman–Crippen LogP) is 0.654. The van der Waals surface area contributed by atoms with Gasteiger partial charge < -0.3 is 9.64 Å². The highest BCUT2D eigenvalue weighted by molar-refractivity contribution is 7.92. The molecule has 2 heterocycles. The van der Waals surface area contributed by atoms with Gasteiger partial charge in [0.1, 0.15) is 10.6 Å². The standard InChI is InChI=1S/C16H26N4O5S2/c1-3-4-5-10-27(23,24)11-13(21)18-19-15(22)14-12(2)17-16(26-14)20-6-8-25-9-7-20/h3-11H2,1-2H3,(H,18,21)(H,19,22). The van der Waals surface area contributed by atoms with E-state index in [9.17, 15) is 18.0 Å². The molecule has 2 rings (SSSR count). The number of nitrogens with zero attached hydrogens (tertiary/aromatic N) is 2. The Bertz CT molecular complexity index is 757. The van der Waals surface area contributed by atoms with Crippen LogP contribution in [0.1, 0.15) is 41.6 Å². The second-order valence-electron chi connectivity index (χ2n) is 6.31. The molecular formula is C16H26N4O5S2. The summed E-state index contributed by atoms with van der Waals surface area (Å²) in [6.45, 7) is 6.34. The molecule has 9 nitrogen and oxygen atoms in total. The maximum atomic E-state index is 12.3. The summed E-state index contributed by atoms with van der Waals surface area (Å²) in [5.41, 5.74) is 5.00. The number of aromatic nitrogens is 1. The fourth-order valence-electron chi connectivity index (χ4n) is 2.55. The summed E-state index contributed by atoms with van der Waals surface area (Å²) in [5, 5.41) is 0.728. The van der Waals surface area contributed by atoms with E-state index in [4.69, 9.17) is 4.74 Å². The first-order chi connectivity index (χ1) is 12.8. The molecule has 152 valence electrons. The van der Waals surface area contributed by atoms with Crippen LogP contribution in [0.2, 0.25) is 0 Å². The van der Waals surface area contributed by atoms with Crippen LogP contribution in [0.15, 0.2) is 0 Å². The molecule has 1 fully saturated rings. The van der Waals surface area contributed by atoms with Crippen LogP contribution >= 0.6 is 11.3 Å². The summed E-state index contributed by atoms with van der Waals surface area (Å²) < 4.78 is 29.0. The Morgan fingerprint density at radius 1 is 1.22 bits per heavy atom. The van der Waals surface area contributed by atoms with Gasteiger partial charge in [0.25, 0.3) is 11.8 Å². The first-order valence-corrected chi connectivity index (χ1v) is 11.6. The third-order valence-corrected chi connectivity index (χ3v) is 6.83. The molecule has 0 aromatic carbocycles. The van der Waals surface area contributed by atoms with Crippen molar-refractivity contribution in [3.8, 4) is 0 Å². The minimum atomic E-state index is -3.48. The lowest BCUT2D eigenvalue weighted by Gasteiger charge is -2.25. The van der Waals surface area contributed by atoms with Gasteiger partial charge >= 0.3 is 0 Å². The van der Waals surface area contributed by atoms with Crippen LogP contribution in [-0.4, -0.2) is 63.0 Å². The first kappa shape index (κ1) is 21.6. The summed E-state index contributed by atoms with van der Waals surface area (Å²) in [5.74, 6) is -1.94. The average molecular weight is 419 g/mol. The van der Waals surface area contributed by atoms with Crippen molar-refractivity contribution in [1.29, 1.82) is 0 Å². The van der Waals surface area contributed by atoms with E-state index in [1.165, 1.54) is 11.3 Å². The van der Waals surface area contributed by atoms with Gasteiger partial charge in [-0.15, -0.1) is 0 Å². The number of thiazole rings is 1. The van der Waals surface area contributed by atoms with Gasteiger partial charge in [-0.2, -0.15) is 0 Å². The van der Waals surface area contributed by atoms with Crippen LogP contribution in [0.5, 0.6) is 0 Å². The van der Waals surface area contributed by atoms with E-state index in [1.807, 2.05) is 11.8 Å². The Hall–Kier alpha value is -1.72. The summed E-state index contributed by atoms with van der Waals surface area (Å²) >= 11 is 1.23. The summed E-state index contributed by atoms with van der Waals surface area (Å²) in [7, 11) is -3.48. The number of aryl methyl sites for hydroxylation is 1. The monoisotopic (exact) mass is 418 g/mol. The maximum Gasteiger partial charge on any atom is 0.281 e. The number of ether oxygens (including phenoxy) is 1. The molecule has 1 saturated heterocycles. The van der Waals surface area contributed by atoms with E-state index in [1.54, 1.807) is 6.92 Å². The lowest BCUT2D eigenvalue weighted by Crippen LogP contribution is -2.44. The number of hydrogen-bond donors (Lipinski definition) is 2. The van der Waals surface area contributed by atoms with Gasteiger partial charge in [-0.3, -0.25) is 20.4 Å². The summed E-state index contributed by atoms with van der Waals surface area (Å²) in [4.78, 5) is 30.9. The molecule has 2 amide bonds. The molecule has 0 atom stereocenters. The molecule has 0 saturated carbocycles. The van der Waals surface area contributed by atoms with Gasteiger partial charge in [-0.25, -0.2) is 13.4 Å². The fourth-order valence-corrected chi connectivity index (χ4v) is 4.82. The third kappa shape index (κ3) is 6.74. The van der Waals surface area contributed by atoms with Gasteiger partial charge in [-0.1, -0.05) is 31.1 Å². The second kappa shape index (κ2) is 10.00. The van der Waals surface area contributed by atoms with Crippen molar-refractivity contribution in [3.05, 3.63) is 10.6 Å². The van der Waals surface area contributed by atoms with Crippen LogP contribution in [0.3, 0.4) is 0 Å². The molecule has 2 N–H and O–H groups in total. The Morgan fingerprint density at radius 3 is 2.59 bits per heavy atom. The minimum Gasteiger partial charge on any atom is -0.378 e.